The summed E-state index contributed by atoms with van der Waals surface area (Å²) < 4.78 is 0. The molecule has 1 aromatic carbocycles. The highest BCUT2D eigenvalue weighted by molar-refractivity contribution is 5.47. The van der Waals surface area contributed by atoms with Crippen molar-refractivity contribution in [1.82, 2.24) is 5.32 Å². The summed E-state index contributed by atoms with van der Waals surface area (Å²) in [5.41, 5.74) is 2.46. The van der Waals surface area contributed by atoms with Gasteiger partial charge in [-0.05, 0) is 43.3 Å². The standard InChI is InChI=1S/C12H14N2O2/c15-14(16)12-3-1-2-8-4-9-6-13-7-10(9)5-11(8)12/h1-3,9-10,13H,4-7H2/t9-,10-/m0/s1. The van der Waals surface area contributed by atoms with Crippen molar-refractivity contribution >= 4 is 5.69 Å². The molecule has 1 aromatic rings. The summed E-state index contributed by atoms with van der Waals surface area (Å²) in [4.78, 5) is 10.7. The predicted molar refractivity (Wildman–Crippen MR) is 60.4 cm³/mol. The Morgan fingerprint density at radius 3 is 2.75 bits per heavy atom. The van der Waals surface area contributed by atoms with Crippen LogP contribution < -0.4 is 5.32 Å². The number of fused-ring (bicyclic) bond motifs is 2. The van der Waals surface area contributed by atoms with Gasteiger partial charge in [-0.3, -0.25) is 10.1 Å². The van der Waals surface area contributed by atoms with Gasteiger partial charge in [-0.15, -0.1) is 0 Å². The molecule has 0 amide bonds. The molecule has 1 heterocycles. The molecule has 1 aliphatic carbocycles. The van der Waals surface area contributed by atoms with E-state index in [-0.39, 0.29) is 4.92 Å². The van der Waals surface area contributed by atoms with Gasteiger partial charge < -0.3 is 5.32 Å². The zero-order valence-corrected chi connectivity index (χ0v) is 8.98. The van der Waals surface area contributed by atoms with E-state index in [0.717, 1.165) is 31.5 Å². The molecule has 84 valence electrons. The fraction of sp³-hybridized carbons (Fsp3) is 0.500. The van der Waals surface area contributed by atoms with Crippen molar-refractivity contribution in [3.63, 3.8) is 0 Å². The highest BCUT2D eigenvalue weighted by Gasteiger charge is 2.35. The molecule has 0 radical (unpaired) electrons. The van der Waals surface area contributed by atoms with E-state index in [4.69, 9.17) is 0 Å². The summed E-state index contributed by atoms with van der Waals surface area (Å²) in [5.74, 6) is 1.27. The van der Waals surface area contributed by atoms with E-state index >= 15 is 0 Å². The van der Waals surface area contributed by atoms with Gasteiger partial charge in [0.2, 0.25) is 0 Å². The Morgan fingerprint density at radius 1 is 1.25 bits per heavy atom. The van der Waals surface area contributed by atoms with Gasteiger partial charge in [0.1, 0.15) is 0 Å². The third-order valence-corrected chi connectivity index (χ3v) is 3.87. The first-order valence-electron chi connectivity index (χ1n) is 5.71. The minimum Gasteiger partial charge on any atom is -0.316 e. The SMILES string of the molecule is O=[N+]([O-])c1cccc2c1C[C@H]1CNC[C@@H]1C2. The lowest BCUT2D eigenvalue weighted by molar-refractivity contribution is -0.385. The number of rotatable bonds is 1. The maximum atomic E-state index is 11.0. The third-order valence-electron chi connectivity index (χ3n) is 3.87. The number of nitro groups is 1. The first-order chi connectivity index (χ1) is 7.75. The average Bonchev–Trinajstić information content (AvgIpc) is 2.71. The van der Waals surface area contributed by atoms with Crippen molar-refractivity contribution in [2.45, 2.75) is 12.8 Å². The van der Waals surface area contributed by atoms with E-state index in [9.17, 15) is 10.1 Å². The Kier molecular flexibility index (Phi) is 2.17. The first kappa shape index (κ1) is 9.78. The number of nitrogens with zero attached hydrogens (tertiary/aromatic N) is 1. The molecule has 0 saturated carbocycles. The molecule has 0 spiro atoms. The molecule has 0 bridgehead atoms. The van der Waals surface area contributed by atoms with Crippen LogP contribution in [0.5, 0.6) is 0 Å². The van der Waals surface area contributed by atoms with Gasteiger partial charge in [-0.1, -0.05) is 12.1 Å². The van der Waals surface area contributed by atoms with Crippen molar-refractivity contribution in [3.05, 3.63) is 39.4 Å². The molecule has 16 heavy (non-hydrogen) atoms. The van der Waals surface area contributed by atoms with Gasteiger partial charge in [0.25, 0.3) is 5.69 Å². The van der Waals surface area contributed by atoms with E-state index < -0.39 is 0 Å². The monoisotopic (exact) mass is 218 g/mol. The van der Waals surface area contributed by atoms with Crippen LogP contribution in [0.3, 0.4) is 0 Å². The largest absolute Gasteiger partial charge is 0.316 e. The highest BCUT2D eigenvalue weighted by atomic mass is 16.6. The second-order valence-corrected chi connectivity index (χ2v) is 4.76. The predicted octanol–water partition coefficient (Wildman–Crippen LogP) is 1.53. The van der Waals surface area contributed by atoms with Gasteiger partial charge in [0.05, 0.1) is 4.92 Å². The Bertz CT molecular complexity index is 445. The number of nitro benzene ring substituents is 1. The summed E-state index contributed by atoms with van der Waals surface area (Å²) >= 11 is 0. The van der Waals surface area contributed by atoms with Gasteiger partial charge >= 0.3 is 0 Å². The van der Waals surface area contributed by atoms with Crippen LogP contribution in [-0.2, 0) is 12.8 Å². The fourth-order valence-electron chi connectivity index (χ4n) is 3.03. The lowest BCUT2D eigenvalue weighted by atomic mass is 9.77. The molecule has 2 atom stereocenters. The molecular weight excluding hydrogens is 204 g/mol. The minimum absolute atomic E-state index is 0.248. The van der Waals surface area contributed by atoms with Crippen LogP contribution in [-0.4, -0.2) is 18.0 Å². The van der Waals surface area contributed by atoms with Gasteiger partial charge in [0, 0.05) is 11.6 Å². The van der Waals surface area contributed by atoms with Crippen molar-refractivity contribution in [2.24, 2.45) is 11.8 Å². The van der Waals surface area contributed by atoms with Crippen LogP contribution in [0.4, 0.5) is 5.69 Å². The van der Waals surface area contributed by atoms with Crippen LogP contribution >= 0.6 is 0 Å². The lowest BCUT2D eigenvalue weighted by Crippen LogP contribution is -2.24. The normalized spacial score (nSPS) is 27.2. The Morgan fingerprint density at radius 2 is 2.00 bits per heavy atom. The summed E-state index contributed by atoms with van der Waals surface area (Å²) in [7, 11) is 0. The van der Waals surface area contributed by atoms with Gasteiger partial charge in [-0.25, -0.2) is 0 Å². The van der Waals surface area contributed by atoms with E-state index in [0.29, 0.717) is 17.5 Å². The number of hydrogen-bond acceptors (Lipinski definition) is 3. The smallest absolute Gasteiger partial charge is 0.272 e. The Hall–Kier alpha value is -1.42. The topological polar surface area (TPSA) is 55.2 Å². The second kappa shape index (κ2) is 3.56. The lowest BCUT2D eigenvalue weighted by Gasteiger charge is -2.26. The Balaban J connectivity index is 2.04. The van der Waals surface area contributed by atoms with Gasteiger partial charge in [0.15, 0.2) is 0 Å². The summed E-state index contributed by atoms with van der Waals surface area (Å²) in [6.45, 7) is 2.07. The maximum absolute atomic E-state index is 11.0. The van der Waals surface area contributed by atoms with Gasteiger partial charge in [-0.2, -0.15) is 0 Å². The van der Waals surface area contributed by atoms with Crippen LogP contribution in [0.2, 0.25) is 0 Å². The number of nitrogens with one attached hydrogen (secondary N) is 1. The van der Waals surface area contributed by atoms with E-state index in [2.05, 4.69) is 5.32 Å². The second-order valence-electron chi connectivity index (χ2n) is 4.76. The van der Waals surface area contributed by atoms with E-state index in [1.165, 1.54) is 5.56 Å². The molecule has 4 heteroatoms. The van der Waals surface area contributed by atoms with Crippen LogP contribution in [0.15, 0.2) is 18.2 Å². The van der Waals surface area contributed by atoms with Crippen molar-refractivity contribution < 1.29 is 4.92 Å². The molecular formula is C12H14N2O2. The first-order valence-corrected chi connectivity index (χ1v) is 5.71. The summed E-state index contributed by atoms with van der Waals surface area (Å²) in [5, 5.41) is 14.3. The quantitative estimate of drug-likeness (QED) is 0.574. The molecule has 1 N–H and O–H groups in total. The zero-order valence-electron chi connectivity index (χ0n) is 8.98. The van der Waals surface area contributed by atoms with E-state index in [1.54, 1.807) is 12.1 Å². The molecule has 0 unspecified atom stereocenters. The molecule has 1 saturated heterocycles. The molecule has 1 aliphatic heterocycles. The maximum Gasteiger partial charge on any atom is 0.272 e. The zero-order chi connectivity index (χ0) is 11.1. The third kappa shape index (κ3) is 1.41. The van der Waals surface area contributed by atoms with Crippen LogP contribution in [0.25, 0.3) is 0 Å². The van der Waals surface area contributed by atoms with Crippen molar-refractivity contribution in [2.75, 3.05) is 13.1 Å². The number of benzene rings is 1. The molecule has 2 aliphatic rings. The molecule has 3 rings (SSSR count). The number of hydrogen-bond donors (Lipinski definition) is 1. The summed E-state index contributed by atoms with van der Waals surface area (Å²) in [6, 6.07) is 5.47. The van der Waals surface area contributed by atoms with E-state index in [1.807, 2.05) is 6.07 Å². The highest BCUT2D eigenvalue weighted by Crippen LogP contribution is 2.36. The minimum atomic E-state index is -0.248. The summed E-state index contributed by atoms with van der Waals surface area (Å²) in [6.07, 6.45) is 1.86. The molecule has 0 aromatic heterocycles. The average molecular weight is 218 g/mol. The molecule has 1 fully saturated rings. The Labute approximate surface area is 93.8 Å². The van der Waals surface area contributed by atoms with Crippen molar-refractivity contribution in [3.8, 4) is 0 Å². The van der Waals surface area contributed by atoms with Crippen LogP contribution in [0.1, 0.15) is 11.1 Å². The van der Waals surface area contributed by atoms with Crippen molar-refractivity contribution in [1.29, 1.82) is 0 Å². The molecule has 4 nitrogen and oxygen atoms in total. The van der Waals surface area contributed by atoms with Crippen LogP contribution in [0, 0.1) is 22.0 Å². The fourth-order valence-corrected chi connectivity index (χ4v) is 3.03.